The van der Waals surface area contributed by atoms with E-state index in [9.17, 15) is 4.79 Å². The van der Waals surface area contributed by atoms with Gasteiger partial charge in [0.25, 0.3) is 0 Å². The number of amides is 2. The molecule has 10 heavy (non-hydrogen) atoms. The van der Waals surface area contributed by atoms with Crippen molar-refractivity contribution in [3.8, 4) is 0 Å². The standard InChI is InChI=1S/C7H14N2O/c1-3-7(4-2)5-8-6(10)9-7/h3-5H2,1-2H3,(H2,8,9,10). The number of nitrogens with one attached hydrogen (secondary N) is 2. The molecule has 1 rings (SSSR count). The average molecular weight is 142 g/mol. The first-order valence-corrected chi connectivity index (χ1v) is 3.78. The van der Waals surface area contributed by atoms with Gasteiger partial charge in [-0.2, -0.15) is 0 Å². The lowest BCUT2D eigenvalue weighted by molar-refractivity contribution is 0.243. The number of carbonyl (C=O) groups is 1. The minimum Gasteiger partial charge on any atom is -0.336 e. The van der Waals surface area contributed by atoms with Crippen LogP contribution in [0.4, 0.5) is 4.79 Å². The lowest BCUT2D eigenvalue weighted by Crippen LogP contribution is -2.41. The molecule has 0 aliphatic carbocycles. The van der Waals surface area contributed by atoms with E-state index < -0.39 is 0 Å². The van der Waals surface area contributed by atoms with Gasteiger partial charge in [-0.1, -0.05) is 13.8 Å². The molecular weight excluding hydrogens is 128 g/mol. The summed E-state index contributed by atoms with van der Waals surface area (Å²) in [4.78, 5) is 10.8. The third kappa shape index (κ3) is 1.08. The fraction of sp³-hybridized carbons (Fsp3) is 0.857. The van der Waals surface area contributed by atoms with Crippen LogP contribution in [-0.2, 0) is 0 Å². The van der Waals surface area contributed by atoms with Gasteiger partial charge in [-0.25, -0.2) is 4.79 Å². The van der Waals surface area contributed by atoms with Crippen molar-refractivity contribution in [1.82, 2.24) is 10.6 Å². The summed E-state index contributed by atoms with van der Waals surface area (Å²) in [6, 6.07) is -0.0244. The fourth-order valence-electron chi connectivity index (χ4n) is 1.26. The molecule has 58 valence electrons. The molecule has 0 spiro atoms. The van der Waals surface area contributed by atoms with Gasteiger partial charge in [0, 0.05) is 6.54 Å². The Morgan fingerprint density at radius 2 is 2.10 bits per heavy atom. The van der Waals surface area contributed by atoms with Crippen LogP contribution < -0.4 is 10.6 Å². The van der Waals surface area contributed by atoms with Gasteiger partial charge in [0.05, 0.1) is 5.54 Å². The summed E-state index contributed by atoms with van der Waals surface area (Å²) >= 11 is 0. The minimum atomic E-state index is -0.0244. The molecule has 0 radical (unpaired) electrons. The second-order valence-electron chi connectivity index (χ2n) is 2.80. The highest BCUT2D eigenvalue weighted by molar-refractivity contribution is 5.77. The highest BCUT2D eigenvalue weighted by Gasteiger charge is 2.33. The molecule has 1 fully saturated rings. The predicted molar refractivity (Wildman–Crippen MR) is 39.8 cm³/mol. The van der Waals surface area contributed by atoms with E-state index in [0.717, 1.165) is 19.4 Å². The SMILES string of the molecule is CCC1(CC)CNC(=O)N1. The molecular formula is C7H14N2O. The Hall–Kier alpha value is -0.730. The average Bonchev–Trinajstić information content (AvgIpc) is 2.33. The van der Waals surface area contributed by atoms with Crippen LogP contribution in [-0.4, -0.2) is 18.1 Å². The van der Waals surface area contributed by atoms with E-state index in [-0.39, 0.29) is 11.6 Å². The molecule has 3 nitrogen and oxygen atoms in total. The summed E-state index contributed by atoms with van der Waals surface area (Å²) in [5.74, 6) is 0. The Kier molecular flexibility index (Phi) is 1.83. The van der Waals surface area contributed by atoms with Crippen molar-refractivity contribution in [2.75, 3.05) is 6.54 Å². The van der Waals surface area contributed by atoms with Gasteiger partial charge in [-0.15, -0.1) is 0 Å². The first-order valence-electron chi connectivity index (χ1n) is 3.78. The first kappa shape index (κ1) is 7.38. The van der Waals surface area contributed by atoms with E-state index in [2.05, 4.69) is 24.5 Å². The first-order chi connectivity index (χ1) is 4.72. The molecule has 3 heteroatoms. The van der Waals surface area contributed by atoms with Crippen molar-refractivity contribution in [1.29, 1.82) is 0 Å². The van der Waals surface area contributed by atoms with Crippen LogP contribution in [0.3, 0.4) is 0 Å². The minimum absolute atomic E-state index is 0.0244. The van der Waals surface area contributed by atoms with Crippen LogP contribution in [0.1, 0.15) is 26.7 Å². The van der Waals surface area contributed by atoms with E-state index in [1.54, 1.807) is 0 Å². The third-order valence-corrected chi connectivity index (χ3v) is 2.32. The normalized spacial score (nSPS) is 22.0. The summed E-state index contributed by atoms with van der Waals surface area (Å²) in [5, 5.41) is 5.68. The van der Waals surface area contributed by atoms with Crippen LogP contribution in [0.5, 0.6) is 0 Å². The van der Waals surface area contributed by atoms with Crippen molar-refractivity contribution in [3.05, 3.63) is 0 Å². The summed E-state index contributed by atoms with van der Waals surface area (Å²) in [5.41, 5.74) is 0.0388. The number of hydrogen-bond acceptors (Lipinski definition) is 1. The van der Waals surface area contributed by atoms with Gasteiger partial charge in [0.1, 0.15) is 0 Å². The number of rotatable bonds is 2. The van der Waals surface area contributed by atoms with Gasteiger partial charge in [0.15, 0.2) is 0 Å². The van der Waals surface area contributed by atoms with Gasteiger partial charge in [0.2, 0.25) is 0 Å². The van der Waals surface area contributed by atoms with Crippen LogP contribution in [0.2, 0.25) is 0 Å². The predicted octanol–water partition coefficient (Wildman–Crippen LogP) is 0.858. The van der Waals surface area contributed by atoms with Gasteiger partial charge < -0.3 is 10.6 Å². The Balaban J connectivity index is 2.59. The van der Waals surface area contributed by atoms with Crippen molar-refractivity contribution in [3.63, 3.8) is 0 Å². The van der Waals surface area contributed by atoms with Crippen molar-refractivity contribution in [2.24, 2.45) is 0 Å². The number of urea groups is 1. The Morgan fingerprint density at radius 1 is 1.50 bits per heavy atom. The number of hydrogen-bond donors (Lipinski definition) is 2. The van der Waals surface area contributed by atoms with Gasteiger partial charge in [-0.05, 0) is 12.8 Å². The highest BCUT2D eigenvalue weighted by Crippen LogP contribution is 2.16. The highest BCUT2D eigenvalue weighted by atomic mass is 16.2. The molecule has 1 aliphatic rings. The molecule has 1 heterocycles. The largest absolute Gasteiger partial charge is 0.336 e. The summed E-state index contributed by atoms with van der Waals surface area (Å²) in [6.07, 6.45) is 2.00. The van der Waals surface area contributed by atoms with E-state index >= 15 is 0 Å². The van der Waals surface area contributed by atoms with Crippen LogP contribution in [0.25, 0.3) is 0 Å². The lowest BCUT2D eigenvalue weighted by atomic mass is 9.95. The molecule has 2 amide bonds. The van der Waals surface area contributed by atoms with Crippen molar-refractivity contribution in [2.45, 2.75) is 32.2 Å². The number of carbonyl (C=O) groups excluding carboxylic acids is 1. The molecule has 0 atom stereocenters. The third-order valence-electron chi connectivity index (χ3n) is 2.32. The zero-order valence-corrected chi connectivity index (χ0v) is 6.53. The molecule has 1 aliphatic heterocycles. The molecule has 0 aromatic heterocycles. The summed E-state index contributed by atoms with van der Waals surface area (Å²) < 4.78 is 0. The van der Waals surface area contributed by atoms with E-state index in [0.29, 0.717) is 0 Å². The van der Waals surface area contributed by atoms with E-state index in [1.807, 2.05) is 0 Å². The van der Waals surface area contributed by atoms with Crippen molar-refractivity contribution < 1.29 is 4.79 Å². The summed E-state index contributed by atoms with van der Waals surface area (Å²) in [6.45, 7) is 4.96. The van der Waals surface area contributed by atoms with Gasteiger partial charge >= 0.3 is 6.03 Å². The van der Waals surface area contributed by atoms with Crippen molar-refractivity contribution >= 4 is 6.03 Å². The maximum atomic E-state index is 10.8. The zero-order chi connectivity index (χ0) is 7.61. The Bertz CT molecular complexity index is 141. The lowest BCUT2D eigenvalue weighted by Gasteiger charge is -2.23. The van der Waals surface area contributed by atoms with Crippen LogP contribution in [0, 0.1) is 0 Å². The zero-order valence-electron chi connectivity index (χ0n) is 6.53. The molecule has 0 aromatic carbocycles. The maximum absolute atomic E-state index is 10.8. The molecule has 0 unspecified atom stereocenters. The molecule has 0 bridgehead atoms. The molecule has 1 saturated heterocycles. The van der Waals surface area contributed by atoms with Gasteiger partial charge in [-0.3, -0.25) is 0 Å². The Morgan fingerprint density at radius 3 is 2.30 bits per heavy atom. The monoisotopic (exact) mass is 142 g/mol. The molecule has 0 aromatic rings. The van der Waals surface area contributed by atoms with Crippen LogP contribution in [0.15, 0.2) is 0 Å². The topological polar surface area (TPSA) is 41.1 Å². The quantitative estimate of drug-likeness (QED) is 0.590. The van der Waals surface area contributed by atoms with Crippen LogP contribution >= 0.6 is 0 Å². The maximum Gasteiger partial charge on any atom is 0.315 e. The van der Waals surface area contributed by atoms with E-state index in [1.165, 1.54) is 0 Å². The fourth-order valence-corrected chi connectivity index (χ4v) is 1.26. The second kappa shape index (κ2) is 2.48. The molecule has 2 N–H and O–H groups in total. The smallest absolute Gasteiger partial charge is 0.315 e. The molecule has 0 saturated carbocycles. The van der Waals surface area contributed by atoms with E-state index in [4.69, 9.17) is 0 Å². The Labute approximate surface area is 61.2 Å². The summed E-state index contributed by atoms with van der Waals surface area (Å²) in [7, 11) is 0. The second-order valence-corrected chi connectivity index (χ2v) is 2.80.